The van der Waals surface area contributed by atoms with Crippen molar-refractivity contribution in [2.24, 2.45) is 0 Å². The molecule has 0 unspecified atom stereocenters. The maximum absolute atomic E-state index is 13.4. The van der Waals surface area contributed by atoms with Crippen molar-refractivity contribution in [3.8, 4) is 17.2 Å². The summed E-state index contributed by atoms with van der Waals surface area (Å²) >= 11 is 0. The summed E-state index contributed by atoms with van der Waals surface area (Å²) in [5.41, 5.74) is 3.44. The highest BCUT2D eigenvalue weighted by Gasteiger charge is 2.51. The van der Waals surface area contributed by atoms with Gasteiger partial charge in [0.2, 0.25) is 5.91 Å². The second kappa shape index (κ2) is 8.48. The number of hydrogen-bond donors (Lipinski definition) is 1. The summed E-state index contributed by atoms with van der Waals surface area (Å²) < 4.78 is 13.4. The van der Waals surface area contributed by atoms with E-state index < -0.39 is 12.1 Å². The Kier molecular flexibility index (Phi) is 5.60. The lowest BCUT2D eigenvalue weighted by Crippen LogP contribution is -2.65. The Morgan fingerprint density at radius 1 is 1.00 bits per heavy atom. The van der Waals surface area contributed by atoms with Gasteiger partial charge >= 0.3 is 0 Å². The van der Waals surface area contributed by atoms with E-state index in [2.05, 4.69) is 6.07 Å². The molecular formula is C25H21FN2O2. The molecule has 1 heterocycles. The second-order valence-corrected chi connectivity index (χ2v) is 7.41. The highest BCUT2D eigenvalue weighted by atomic mass is 19.1. The van der Waals surface area contributed by atoms with Gasteiger partial charge in [-0.1, -0.05) is 66.7 Å². The summed E-state index contributed by atoms with van der Waals surface area (Å²) in [4.78, 5) is 14.4. The lowest BCUT2D eigenvalue weighted by Gasteiger charge is -2.52. The summed E-state index contributed by atoms with van der Waals surface area (Å²) in [5, 5.41) is 19.9. The number of carbonyl (C=O) groups excluding carboxylic acids is 1. The van der Waals surface area contributed by atoms with Gasteiger partial charge in [0.05, 0.1) is 25.1 Å². The van der Waals surface area contributed by atoms with Crippen LogP contribution in [0.5, 0.6) is 0 Å². The number of amides is 1. The number of aliphatic hydroxyl groups is 1. The molecule has 30 heavy (non-hydrogen) atoms. The predicted molar refractivity (Wildman–Crippen MR) is 112 cm³/mol. The van der Waals surface area contributed by atoms with Gasteiger partial charge < -0.3 is 10.0 Å². The molecule has 0 bridgehead atoms. The van der Waals surface area contributed by atoms with Crippen molar-refractivity contribution in [3.63, 3.8) is 0 Å². The maximum Gasteiger partial charge on any atom is 0.228 e. The fraction of sp³-hybridized carbons (Fsp3) is 0.200. The first-order valence-electron chi connectivity index (χ1n) is 9.84. The monoisotopic (exact) mass is 400 g/mol. The minimum absolute atomic E-state index is 0.178. The molecule has 3 aromatic rings. The van der Waals surface area contributed by atoms with Crippen LogP contribution in [-0.2, 0) is 11.2 Å². The van der Waals surface area contributed by atoms with Crippen molar-refractivity contribution in [2.45, 2.75) is 24.4 Å². The first-order chi connectivity index (χ1) is 14.6. The van der Waals surface area contributed by atoms with Gasteiger partial charge in [-0.2, -0.15) is 5.26 Å². The zero-order valence-corrected chi connectivity index (χ0v) is 16.3. The van der Waals surface area contributed by atoms with Gasteiger partial charge in [0.15, 0.2) is 0 Å². The normalized spacial score (nSPS) is 20.3. The number of carbonyl (C=O) groups is 1. The van der Waals surface area contributed by atoms with Crippen LogP contribution < -0.4 is 0 Å². The van der Waals surface area contributed by atoms with E-state index in [4.69, 9.17) is 0 Å². The molecule has 0 aliphatic carbocycles. The van der Waals surface area contributed by atoms with Gasteiger partial charge in [-0.05, 0) is 34.4 Å². The highest BCUT2D eigenvalue weighted by molar-refractivity contribution is 5.82. The minimum atomic E-state index is -0.667. The highest BCUT2D eigenvalue weighted by Crippen LogP contribution is 2.44. The van der Waals surface area contributed by atoms with Crippen molar-refractivity contribution < 1.29 is 14.3 Å². The fourth-order valence-corrected chi connectivity index (χ4v) is 4.26. The third-order valence-corrected chi connectivity index (χ3v) is 5.69. The third-order valence-electron chi connectivity index (χ3n) is 5.69. The molecule has 0 radical (unpaired) electrons. The number of hydrogen-bond acceptors (Lipinski definition) is 3. The van der Waals surface area contributed by atoms with E-state index in [-0.39, 0.29) is 30.7 Å². The van der Waals surface area contributed by atoms with E-state index >= 15 is 0 Å². The van der Waals surface area contributed by atoms with Crippen molar-refractivity contribution >= 4 is 5.91 Å². The number of nitrogens with zero attached hydrogens (tertiary/aromatic N) is 2. The molecule has 1 aliphatic rings. The van der Waals surface area contributed by atoms with Crippen LogP contribution in [0.15, 0.2) is 78.9 Å². The van der Waals surface area contributed by atoms with E-state index in [1.54, 1.807) is 12.1 Å². The molecule has 150 valence electrons. The van der Waals surface area contributed by atoms with Gasteiger partial charge in [-0.25, -0.2) is 4.39 Å². The molecule has 0 saturated carbocycles. The number of likely N-dealkylation sites (tertiary alicyclic amines) is 1. The molecular weight excluding hydrogens is 379 g/mol. The van der Waals surface area contributed by atoms with Crippen LogP contribution in [0.4, 0.5) is 4.39 Å². The summed E-state index contributed by atoms with van der Waals surface area (Å²) in [6, 6.07) is 24.2. The molecule has 1 saturated heterocycles. The first-order valence-corrected chi connectivity index (χ1v) is 9.84. The Bertz CT molecular complexity index is 1080. The zero-order chi connectivity index (χ0) is 21.1. The van der Waals surface area contributed by atoms with Crippen LogP contribution in [0, 0.1) is 17.1 Å². The Morgan fingerprint density at radius 3 is 2.33 bits per heavy atom. The quantitative estimate of drug-likeness (QED) is 0.706. The van der Waals surface area contributed by atoms with Crippen molar-refractivity contribution in [1.82, 2.24) is 4.90 Å². The number of rotatable bonds is 5. The predicted octanol–water partition coefficient (Wildman–Crippen LogP) is 3.91. The van der Waals surface area contributed by atoms with Gasteiger partial charge in [0, 0.05) is 5.92 Å². The zero-order valence-electron chi connectivity index (χ0n) is 16.3. The summed E-state index contributed by atoms with van der Waals surface area (Å²) in [5.74, 6) is -0.816. The van der Waals surface area contributed by atoms with Crippen LogP contribution in [0.1, 0.15) is 17.0 Å². The van der Waals surface area contributed by atoms with Gasteiger partial charge in [-0.3, -0.25) is 4.79 Å². The van der Waals surface area contributed by atoms with Gasteiger partial charge in [-0.15, -0.1) is 0 Å². The summed E-state index contributed by atoms with van der Waals surface area (Å²) in [6.45, 7) is -0.235. The molecule has 3 aromatic carbocycles. The van der Waals surface area contributed by atoms with Crippen LogP contribution >= 0.6 is 0 Å². The number of halogens is 1. The Labute approximate surface area is 174 Å². The molecule has 1 fully saturated rings. The van der Waals surface area contributed by atoms with Crippen LogP contribution in [0.25, 0.3) is 11.1 Å². The van der Waals surface area contributed by atoms with Crippen LogP contribution in [-0.4, -0.2) is 34.6 Å². The largest absolute Gasteiger partial charge is 0.394 e. The van der Waals surface area contributed by atoms with E-state index in [0.717, 1.165) is 22.3 Å². The summed E-state index contributed by atoms with van der Waals surface area (Å²) in [6.07, 6.45) is 0.182. The molecule has 1 N–H and O–H groups in total. The van der Waals surface area contributed by atoms with E-state index in [0.29, 0.717) is 0 Å². The number of benzene rings is 3. The Hall–Kier alpha value is -3.49. The standard InChI is InChI=1S/C25H21FN2O2/c26-19-12-10-18(11-13-19)20-8-4-5-9-21(20)25-22(15-27)28(23(25)16-29)24(30)14-17-6-2-1-3-7-17/h1-13,22-23,25,29H,14,16H2/t22-,23-,25+/m0/s1. The van der Waals surface area contributed by atoms with Gasteiger partial charge in [0.1, 0.15) is 11.9 Å². The van der Waals surface area contributed by atoms with Crippen LogP contribution in [0.3, 0.4) is 0 Å². The lowest BCUT2D eigenvalue weighted by atomic mass is 9.73. The van der Waals surface area contributed by atoms with Crippen molar-refractivity contribution in [3.05, 3.63) is 95.8 Å². The van der Waals surface area contributed by atoms with E-state index in [1.807, 2.05) is 54.6 Å². The van der Waals surface area contributed by atoms with Crippen LogP contribution in [0.2, 0.25) is 0 Å². The van der Waals surface area contributed by atoms with E-state index in [1.165, 1.54) is 17.0 Å². The molecule has 5 heteroatoms. The molecule has 1 aliphatic heterocycles. The second-order valence-electron chi connectivity index (χ2n) is 7.41. The number of aliphatic hydroxyl groups excluding tert-OH is 1. The van der Waals surface area contributed by atoms with Crippen molar-refractivity contribution in [2.75, 3.05) is 6.61 Å². The van der Waals surface area contributed by atoms with Crippen molar-refractivity contribution in [1.29, 1.82) is 5.26 Å². The Morgan fingerprint density at radius 2 is 1.67 bits per heavy atom. The molecule has 4 nitrogen and oxygen atoms in total. The van der Waals surface area contributed by atoms with E-state index in [9.17, 15) is 19.6 Å². The smallest absolute Gasteiger partial charge is 0.228 e. The molecule has 0 aromatic heterocycles. The lowest BCUT2D eigenvalue weighted by molar-refractivity contribution is -0.146. The molecule has 1 amide bonds. The molecule has 4 rings (SSSR count). The summed E-state index contributed by atoms with van der Waals surface area (Å²) in [7, 11) is 0. The third kappa shape index (κ3) is 3.58. The molecule has 3 atom stereocenters. The topological polar surface area (TPSA) is 64.3 Å². The number of nitriles is 1. The SMILES string of the molecule is N#C[C@H]1[C@@H](c2ccccc2-c2ccc(F)cc2)[C@H](CO)N1C(=O)Cc1ccccc1. The maximum atomic E-state index is 13.4. The average molecular weight is 400 g/mol. The fourth-order valence-electron chi connectivity index (χ4n) is 4.26. The van der Waals surface area contributed by atoms with Gasteiger partial charge in [0.25, 0.3) is 0 Å². The minimum Gasteiger partial charge on any atom is -0.394 e. The average Bonchev–Trinajstić information content (AvgIpc) is 2.75. The first kappa shape index (κ1) is 19.8. The Balaban J connectivity index is 1.65. The molecule has 0 spiro atoms.